The molecule has 2 aromatic carbocycles. The van der Waals surface area contributed by atoms with Crippen LogP contribution in [0.4, 0.5) is 0 Å². The van der Waals surface area contributed by atoms with Crippen molar-refractivity contribution in [3.63, 3.8) is 0 Å². The molecule has 0 fully saturated rings. The van der Waals surface area contributed by atoms with Gasteiger partial charge in [0.2, 0.25) is 10.0 Å². The fourth-order valence-electron chi connectivity index (χ4n) is 4.75. The van der Waals surface area contributed by atoms with Crippen molar-refractivity contribution >= 4 is 22.0 Å². The van der Waals surface area contributed by atoms with Crippen LogP contribution in [0.5, 0.6) is 0 Å². The molecular formula is C32H37N5O8S. The molecule has 2 heterocycles. The third kappa shape index (κ3) is 8.20. The first-order valence-corrected chi connectivity index (χ1v) is 15.8. The normalized spacial score (nSPS) is 12.7. The van der Waals surface area contributed by atoms with Gasteiger partial charge >= 0.3 is 11.9 Å². The van der Waals surface area contributed by atoms with Gasteiger partial charge in [0.15, 0.2) is 0 Å². The Morgan fingerprint density at radius 1 is 1.02 bits per heavy atom. The van der Waals surface area contributed by atoms with E-state index in [0.717, 1.165) is 11.6 Å². The van der Waals surface area contributed by atoms with Gasteiger partial charge in [-0.25, -0.2) is 17.9 Å². The van der Waals surface area contributed by atoms with Crippen LogP contribution in [0.2, 0.25) is 0 Å². The smallest absolute Gasteiger partial charge is 0.335 e. The lowest BCUT2D eigenvalue weighted by Gasteiger charge is -2.31. The van der Waals surface area contributed by atoms with Crippen molar-refractivity contribution in [3.05, 3.63) is 107 Å². The average molecular weight is 652 g/mol. The van der Waals surface area contributed by atoms with Gasteiger partial charge in [0.05, 0.1) is 60.2 Å². The molecule has 0 aliphatic heterocycles. The van der Waals surface area contributed by atoms with E-state index in [1.807, 2.05) is 6.92 Å². The van der Waals surface area contributed by atoms with E-state index < -0.39 is 33.5 Å². The first kappa shape index (κ1) is 34.4. The van der Waals surface area contributed by atoms with Crippen LogP contribution >= 0.6 is 0 Å². The fraction of sp³-hybridized carbons (Fsp3) is 0.344. The van der Waals surface area contributed by atoms with Crippen molar-refractivity contribution in [3.8, 4) is 0 Å². The fourth-order valence-corrected chi connectivity index (χ4v) is 6.19. The number of methoxy groups -OCH3 is 1. The predicted molar refractivity (Wildman–Crippen MR) is 166 cm³/mol. The number of rotatable bonds is 16. The number of nitrogens with zero attached hydrogens (tertiary/aromatic N) is 5. The van der Waals surface area contributed by atoms with Crippen molar-refractivity contribution in [2.75, 3.05) is 13.7 Å². The summed E-state index contributed by atoms with van der Waals surface area (Å²) in [5.41, 5.74) is 1.35. The number of carboxylic acids is 2. The van der Waals surface area contributed by atoms with Gasteiger partial charge in [0.1, 0.15) is 5.69 Å². The van der Waals surface area contributed by atoms with Crippen molar-refractivity contribution in [2.45, 2.75) is 58.0 Å². The summed E-state index contributed by atoms with van der Waals surface area (Å²) in [5.74, 6) is -2.33. The molecule has 244 valence electrons. The van der Waals surface area contributed by atoms with E-state index in [1.54, 1.807) is 74.4 Å². The van der Waals surface area contributed by atoms with Crippen LogP contribution in [0, 0.1) is 12.3 Å². The molecule has 0 amide bonds. The molecule has 13 nitrogen and oxygen atoms in total. The summed E-state index contributed by atoms with van der Waals surface area (Å²) in [4.78, 5) is 28.1. The number of hydrogen-bond acceptors (Lipinski definition) is 9. The molecule has 0 bridgehead atoms. The van der Waals surface area contributed by atoms with E-state index in [9.17, 15) is 28.2 Å². The van der Waals surface area contributed by atoms with Gasteiger partial charge in [0, 0.05) is 19.9 Å². The maximum atomic E-state index is 14.0. The lowest BCUT2D eigenvalue weighted by molar-refractivity contribution is -0.158. The molecule has 4 rings (SSSR count). The first-order chi connectivity index (χ1) is 21.8. The molecule has 1 atom stereocenters. The number of aliphatic carboxylic acids is 1. The number of ether oxygens (including phenoxy) is 2. The Bertz CT molecular complexity index is 1780. The maximum Gasteiger partial charge on any atom is 0.335 e. The Labute approximate surface area is 267 Å². The monoisotopic (exact) mass is 651 g/mol. The van der Waals surface area contributed by atoms with E-state index in [1.165, 1.54) is 22.5 Å². The van der Waals surface area contributed by atoms with Crippen molar-refractivity contribution in [1.29, 1.82) is 0 Å². The zero-order valence-electron chi connectivity index (χ0n) is 26.0. The average Bonchev–Trinajstić information content (AvgIpc) is 3.49. The third-order valence-corrected chi connectivity index (χ3v) is 9.31. The van der Waals surface area contributed by atoms with Crippen molar-refractivity contribution in [2.24, 2.45) is 5.41 Å². The minimum absolute atomic E-state index is 0.0162. The molecule has 0 saturated carbocycles. The largest absolute Gasteiger partial charge is 0.481 e. The number of aromatic carboxylic acids is 1. The second-order valence-electron chi connectivity index (χ2n) is 11.3. The molecule has 1 unspecified atom stereocenters. The summed E-state index contributed by atoms with van der Waals surface area (Å²) < 4.78 is 42.1. The Kier molecular flexibility index (Phi) is 11.0. The van der Waals surface area contributed by atoms with Gasteiger partial charge in [-0.2, -0.15) is 4.31 Å². The van der Waals surface area contributed by atoms with E-state index in [4.69, 9.17) is 9.47 Å². The first-order valence-electron chi connectivity index (χ1n) is 14.4. The maximum absolute atomic E-state index is 14.0. The van der Waals surface area contributed by atoms with E-state index in [-0.39, 0.29) is 30.2 Å². The number of aromatic nitrogens is 4. The number of carbonyl (C=O) groups is 2. The number of aryl methyl sites for hydroxylation is 1. The molecule has 14 heteroatoms. The summed E-state index contributed by atoms with van der Waals surface area (Å²) >= 11 is 0. The highest BCUT2D eigenvalue weighted by molar-refractivity contribution is 7.89. The zero-order valence-corrected chi connectivity index (χ0v) is 26.8. The minimum Gasteiger partial charge on any atom is -0.481 e. The molecular weight excluding hydrogens is 614 g/mol. The molecule has 0 radical (unpaired) electrons. The SMILES string of the molecule is COCCn1cc(COC(c2ccc(C)c(CN(Cc3ccccn3)S(=O)(=O)c3cccc(C(=O)O)c3)c2)C(C)(C)C(=O)O)nn1. The molecule has 4 aromatic rings. The lowest BCUT2D eigenvalue weighted by atomic mass is 9.81. The Balaban J connectivity index is 1.70. The van der Waals surface area contributed by atoms with Gasteiger partial charge in [-0.15, -0.1) is 5.10 Å². The number of benzene rings is 2. The highest BCUT2D eigenvalue weighted by Gasteiger charge is 2.39. The highest BCUT2D eigenvalue weighted by Crippen LogP contribution is 2.38. The summed E-state index contributed by atoms with van der Waals surface area (Å²) in [6, 6.07) is 15.6. The van der Waals surface area contributed by atoms with Gasteiger partial charge in [0.25, 0.3) is 0 Å². The number of sulfonamides is 1. The highest BCUT2D eigenvalue weighted by atomic mass is 32.2. The molecule has 0 aliphatic carbocycles. The Morgan fingerprint density at radius 2 is 1.80 bits per heavy atom. The summed E-state index contributed by atoms with van der Waals surface area (Å²) in [6.07, 6.45) is 2.31. The van der Waals surface area contributed by atoms with Gasteiger partial charge in [-0.3, -0.25) is 9.78 Å². The molecule has 0 aliphatic rings. The molecule has 0 spiro atoms. The standard InChI is InChI=1S/C32H37N5O8S/c1-22-11-12-23(29(32(2,3)31(40)41)45-21-27-19-36(35-34-27)14-15-44-4)16-25(22)18-37(20-26-9-5-6-13-33-26)46(42,43)28-10-7-8-24(17-28)30(38)39/h5-13,16-17,19,29H,14-15,18,20-21H2,1-4H3,(H,38,39)(H,40,41). The Morgan fingerprint density at radius 3 is 2.48 bits per heavy atom. The summed E-state index contributed by atoms with van der Waals surface area (Å²) in [7, 11) is -2.63. The molecule has 2 N–H and O–H groups in total. The van der Waals surface area contributed by atoms with Crippen LogP contribution < -0.4 is 0 Å². The van der Waals surface area contributed by atoms with Crippen LogP contribution in [0.3, 0.4) is 0 Å². The minimum atomic E-state index is -4.22. The molecule has 2 aromatic heterocycles. The van der Waals surface area contributed by atoms with Crippen molar-refractivity contribution < 1.29 is 37.7 Å². The van der Waals surface area contributed by atoms with Crippen LogP contribution in [-0.2, 0) is 50.5 Å². The number of carboxylic acid groups (broad SMARTS) is 2. The predicted octanol–water partition coefficient (Wildman–Crippen LogP) is 4.09. The second kappa shape index (κ2) is 14.7. The number of pyridine rings is 1. The summed E-state index contributed by atoms with van der Waals surface area (Å²) in [5, 5.41) is 27.8. The van der Waals surface area contributed by atoms with E-state index >= 15 is 0 Å². The third-order valence-electron chi connectivity index (χ3n) is 7.52. The van der Waals surface area contributed by atoms with E-state index in [0.29, 0.717) is 35.7 Å². The quantitative estimate of drug-likeness (QED) is 0.179. The van der Waals surface area contributed by atoms with Crippen LogP contribution in [0.15, 0.2) is 78.0 Å². The van der Waals surface area contributed by atoms with Gasteiger partial charge in [-0.1, -0.05) is 35.5 Å². The van der Waals surface area contributed by atoms with Gasteiger partial charge in [-0.05, 0) is 67.8 Å². The van der Waals surface area contributed by atoms with E-state index in [2.05, 4.69) is 15.3 Å². The van der Waals surface area contributed by atoms with Crippen LogP contribution in [-0.4, -0.2) is 68.6 Å². The molecule has 0 saturated heterocycles. The topological polar surface area (TPSA) is 174 Å². The van der Waals surface area contributed by atoms with Crippen LogP contribution in [0.25, 0.3) is 0 Å². The van der Waals surface area contributed by atoms with Gasteiger partial charge < -0.3 is 19.7 Å². The van der Waals surface area contributed by atoms with Crippen LogP contribution in [0.1, 0.15) is 58.4 Å². The number of hydrogen-bond donors (Lipinski definition) is 2. The second-order valence-corrected chi connectivity index (χ2v) is 13.2. The summed E-state index contributed by atoms with van der Waals surface area (Å²) in [6.45, 7) is 5.66. The molecule has 46 heavy (non-hydrogen) atoms. The Hall–Kier alpha value is -4.50. The van der Waals surface area contributed by atoms with Crippen molar-refractivity contribution in [1.82, 2.24) is 24.3 Å². The lowest BCUT2D eigenvalue weighted by Crippen LogP contribution is -2.33. The zero-order chi connectivity index (χ0) is 33.5.